The summed E-state index contributed by atoms with van der Waals surface area (Å²) in [4.78, 5) is 4.91. The first-order valence-electron chi connectivity index (χ1n) is 14.1. The maximum Gasteiger partial charge on any atom is 0.0998 e. The van der Waals surface area contributed by atoms with E-state index in [1.54, 1.807) is 23.9 Å². The molecule has 0 atom stereocenters. The molecule has 42 heavy (non-hydrogen) atoms. The lowest BCUT2D eigenvalue weighted by Crippen LogP contribution is -2.31. The molecule has 0 saturated heterocycles. The lowest BCUT2D eigenvalue weighted by molar-refractivity contribution is 0.607. The van der Waals surface area contributed by atoms with Crippen molar-refractivity contribution in [1.82, 2.24) is 0 Å². The Balaban J connectivity index is 1.37. The first kappa shape index (κ1) is 26.1. The number of anilines is 3. The van der Waals surface area contributed by atoms with Crippen molar-refractivity contribution in [2.75, 3.05) is 4.90 Å². The van der Waals surface area contributed by atoms with E-state index in [1.807, 2.05) is 6.07 Å². The number of nitriles is 2. The average Bonchev–Trinajstić information content (AvgIpc) is 3.01. The Morgan fingerprint density at radius 3 is 1.83 bits per heavy atom. The van der Waals surface area contributed by atoms with Gasteiger partial charge < -0.3 is 4.90 Å². The largest absolute Gasteiger partial charge is 0.310 e. The molecule has 0 unspecified atom stereocenters. The maximum atomic E-state index is 9.83. The van der Waals surface area contributed by atoms with Crippen molar-refractivity contribution in [3.05, 3.63) is 137 Å². The smallest absolute Gasteiger partial charge is 0.0998 e. The van der Waals surface area contributed by atoms with E-state index < -0.39 is 0 Å². The third kappa shape index (κ3) is 3.80. The highest BCUT2D eigenvalue weighted by molar-refractivity contribution is 7.99. The number of hydrogen-bond donors (Lipinski definition) is 0. The summed E-state index contributed by atoms with van der Waals surface area (Å²) < 4.78 is 0. The van der Waals surface area contributed by atoms with Gasteiger partial charge in [-0.05, 0) is 88.0 Å². The van der Waals surface area contributed by atoms with Crippen LogP contribution in [0, 0.1) is 22.7 Å². The fraction of sp³-hybridized carbons (Fsp3) is 0.158. The van der Waals surface area contributed by atoms with Crippen LogP contribution >= 0.6 is 11.8 Å². The number of para-hydroxylation sites is 2. The number of nitrogens with zero attached hydrogens (tertiary/aromatic N) is 3. The Bertz CT molecular complexity index is 1960. The van der Waals surface area contributed by atoms with Gasteiger partial charge in [0.05, 0.1) is 34.6 Å². The first-order valence-corrected chi connectivity index (χ1v) is 15.0. The third-order valence-corrected chi connectivity index (χ3v) is 10.1. The Labute approximate surface area is 251 Å². The summed E-state index contributed by atoms with van der Waals surface area (Å²) in [5, 5.41) is 19.2. The topological polar surface area (TPSA) is 50.8 Å². The molecule has 7 rings (SSSR count). The van der Waals surface area contributed by atoms with Crippen molar-refractivity contribution in [1.29, 1.82) is 10.5 Å². The summed E-state index contributed by atoms with van der Waals surface area (Å²) in [5.41, 5.74) is 11.2. The minimum absolute atomic E-state index is 0.101. The van der Waals surface area contributed by atoms with Gasteiger partial charge in [0.25, 0.3) is 0 Å². The highest BCUT2D eigenvalue weighted by Crippen LogP contribution is 2.55. The van der Waals surface area contributed by atoms with Crippen LogP contribution in [-0.4, -0.2) is 0 Å². The maximum absolute atomic E-state index is 9.83. The Morgan fingerprint density at radius 2 is 1.19 bits per heavy atom. The highest BCUT2D eigenvalue weighted by Gasteiger charge is 2.38. The van der Waals surface area contributed by atoms with Crippen molar-refractivity contribution in [2.45, 2.75) is 48.3 Å². The fourth-order valence-corrected chi connectivity index (χ4v) is 8.04. The van der Waals surface area contributed by atoms with E-state index in [2.05, 4.69) is 130 Å². The van der Waals surface area contributed by atoms with Crippen LogP contribution in [0.2, 0.25) is 0 Å². The molecule has 5 aromatic carbocycles. The zero-order chi connectivity index (χ0) is 29.2. The molecular weight excluding hydrogens is 531 g/mol. The van der Waals surface area contributed by atoms with E-state index in [1.165, 1.54) is 43.4 Å². The quantitative estimate of drug-likeness (QED) is 0.216. The minimum Gasteiger partial charge on any atom is -0.310 e. The molecule has 0 spiro atoms. The lowest BCUT2D eigenvalue weighted by atomic mass is 9.73. The summed E-state index contributed by atoms with van der Waals surface area (Å²) in [6.07, 6.45) is 0. The SMILES string of the molecule is CC1(C)c2cc(-c3ccc(C#N)cc3C#N)ccc2Sc2ccc(N3c4ccccc4C(C)(C)c4ccccc43)cc21. The molecule has 0 amide bonds. The van der Waals surface area contributed by atoms with Crippen molar-refractivity contribution in [3.63, 3.8) is 0 Å². The van der Waals surface area contributed by atoms with Crippen LogP contribution in [0.1, 0.15) is 61.1 Å². The molecule has 0 N–H and O–H groups in total. The van der Waals surface area contributed by atoms with Gasteiger partial charge in [-0.1, -0.05) is 88.0 Å². The molecule has 2 heterocycles. The van der Waals surface area contributed by atoms with Crippen LogP contribution in [0.4, 0.5) is 17.1 Å². The van der Waals surface area contributed by atoms with Crippen molar-refractivity contribution in [3.8, 4) is 23.3 Å². The molecule has 3 nitrogen and oxygen atoms in total. The molecule has 0 aromatic heterocycles. The van der Waals surface area contributed by atoms with Gasteiger partial charge in [0, 0.05) is 26.3 Å². The van der Waals surface area contributed by atoms with Gasteiger partial charge in [-0.25, -0.2) is 0 Å². The molecule has 0 fully saturated rings. The van der Waals surface area contributed by atoms with Gasteiger partial charge in [-0.3, -0.25) is 0 Å². The zero-order valence-corrected chi connectivity index (χ0v) is 24.9. The van der Waals surface area contributed by atoms with Crippen LogP contribution in [0.5, 0.6) is 0 Å². The first-order chi connectivity index (χ1) is 20.2. The van der Waals surface area contributed by atoms with E-state index in [-0.39, 0.29) is 10.8 Å². The van der Waals surface area contributed by atoms with Crippen LogP contribution in [0.15, 0.2) is 113 Å². The summed E-state index contributed by atoms with van der Waals surface area (Å²) >= 11 is 1.80. The molecule has 202 valence electrons. The molecule has 0 radical (unpaired) electrons. The van der Waals surface area contributed by atoms with E-state index in [4.69, 9.17) is 0 Å². The van der Waals surface area contributed by atoms with Gasteiger partial charge >= 0.3 is 0 Å². The van der Waals surface area contributed by atoms with Crippen LogP contribution in [0.3, 0.4) is 0 Å². The minimum atomic E-state index is -0.268. The summed E-state index contributed by atoms with van der Waals surface area (Å²) in [6, 6.07) is 40.7. The van der Waals surface area contributed by atoms with Crippen LogP contribution in [-0.2, 0) is 10.8 Å². The predicted octanol–water partition coefficient (Wildman–Crippen LogP) is 10.00. The van der Waals surface area contributed by atoms with E-state index >= 15 is 0 Å². The van der Waals surface area contributed by atoms with Crippen molar-refractivity contribution in [2.24, 2.45) is 0 Å². The van der Waals surface area contributed by atoms with E-state index in [0.29, 0.717) is 11.1 Å². The monoisotopic (exact) mass is 559 g/mol. The number of rotatable bonds is 2. The molecule has 5 aromatic rings. The van der Waals surface area contributed by atoms with Gasteiger partial charge in [0.1, 0.15) is 0 Å². The number of fused-ring (bicyclic) bond motifs is 4. The normalized spacial score (nSPS) is 15.3. The van der Waals surface area contributed by atoms with Crippen LogP contribution in [0.25, 0.3) is 11.1 Å². The fourth-order valence-electron chi connectivity index (χ4n) is 6.68. The van der Waals surface area contributed by atoms with Gasteiger partial charge in [0.15, 0.2) is 0 Å². The molecule has 0 saturated carbocycles. The van der Waals surface area contributed by atoms with Gasteiger partial charge in [0.2, 0.25) is 0 Å². The van der Waals surface area contributed by atoms with Crippen LogP contribution < -0.4 is 4.90 Å². The molecular formula is C38H29N3S. The Hall–Kier alpha value is -4.77. The second kappa shape index (κ2) is 9.38. The van der Waals surface area contributed by atoms with Crippen molar-refractivity contribution >= 4 is 28.8 Å². The summed E-state index contributed by atoms with van der Waals surface area (Å²) in [6.45, 7) is 9.22. The molecule has 2 aliphatic heterocycles. The number of hydrogen-bond acceptors (Lipinski definition) is 4. The lowest BCUT2D eigenvalue weighted by Gasteiger charge is -2.42. The third-order valence-electron chi connectivity index (χ3n) is 8.98. The van der Waals surface area contributed by atoms with Gasteiger partial charge in [-0.2, -0.15) is 10.5 Å². The molecule has 4 heteroatoms. The molecule has 0 aliphatic carbocycles. The zero-order valence-electron chi connectivity index (χ0n) is 24.1. The highest BCUT2D eigenvalue weighted by atomic mass is 32.2. The summed E-state index contributed by atoms with van der Waals surface area (Å²) in [7, 11) is 0. The van der Waals surface area contributed by atoms with E-state index in [0.717, 1.165) is 16.8 Å². The Morgan fingerprint density at radius 1 is 0.595 bits per heavy atom. The molecule has 2 aliphatic rings. The van der Waals surface area contributed by atoms with Gasteiger partial charge in [-0.15, -0.1) is 0 Å². The second-order valence-electron chi connectivity index (χ2n) is 12.1. The number of benzene rings is 5. The standard InChI is InChI=1S/C38H29N3S/c1-37(2)29-9-5-7-11-33(29)41(34-12-8-6-10-30(34)37)27-15-18-36-32(21-27)38(3,4)31-20-25(14-17-35(31)42-36)28-16-13-24(22-39)19-26(28)23-40/h5-21H,1-4H3. The van der Waals surface area contributed by atoms with E-state index in [9.17, 15) is 10.5 Å². The average molecular weight is 560 g/mol. The predicted molar refractivity (Wildman–Crippen MR) is 171 cm³/mol. The molecule has 0 bridgehead atoms. The van der Waals surface area contributed by atoms with Crippen molar-refractivity contribution < 1.29 is 0 Å². The second-order valence-corrected chi connectivity index (χ2v) is 13.2. The Kier molecular flexibility index (Phi) is 5.84. The summed E-state index contributed by atoms with van der Waals surface area (Å²) in [5.74, 6) is 0.